The summed E-state index contributed by atoms with van der Waals surface area (Å²) in [5.41, 5.74) is 2.35. The number of anilines is 1. The minimum absolute atomic E-state index is 0.297. The van der Waals surface area contributed by atoms with E-state index < -0.39 is 0 Å². The predicted molar refractivity (Wildman–Crippen MR) is 97.4 cm³/mol. The van der Waals surface area contributed by atoms with Crippen LogP contribution in [-0.4, -0.2) is 18.0 Å². The third kappa shape index (κ3) is 3.16. The number of aryl methyl sites for hydroxylation is 1. The van der Waals surface area contributed by atoms with Crippen molar-refractivity contribution in [1.29, 1.82) is 0 Å². The van der Waals surface area contributed by atoms with Crippen LogP contribution in [0.5, 0.6) is 5.75 Å². The minimum Gasteiger partial charge on any atom is -0.497 e. The van der Waals surface area contributed by atoms with Crippen molar-refractivity contribution < 1.29 is 9.53 Å². The Morgan fingerprint density at radius 2 is 1.96 bits per heavy atom. The van der Waals surface area contributed by atoms with E-state index in [0.29, 0.717) is 32.7 Å². The number of benzene rings is 2. The number of carbonyl (C=O) groups excluding carboxylic acids is 1. The predicted octanol–water partition coefficient (Wildman–Crippen LogP) is 5.11. The molecule has 0 spiro atoms. The van der Waals surface area contributed by atoms with Gasteiger partial charge >= 0.3 is 0 Å². The van der Waals surface area contributed by atoms with Gasteiger partial charge in [0.2, 0.25) is 0 Å². The Balaban J connectivity index is 1.99. The summed E-state index contributed by atoms with van der Waals surface area (Å²) in [5.74, 6) is 0.409. The lowest BCUT2D eigenvalue weighted by Gasteiger charge is -2.11. The first kappa shape index (κ1) is 16.6. The number of aromatic nitrogens is 1. The van der Waals surface area contributed by atoms with E-state index in [9.17, 15) is 4.79 Å². The van der Waals surface area contributed by atoms with E-state index in [4.69, 9.17) is 27.9 Å². The van der Waals surface area contributed by atoms with E-state index in [0.717, 1.165) is 10.9 Å². The van der Waals surface area contributed by atoms with Crippen LogP contribution in [0.15, 0.2) is 42.5 Å². The molecule has 1 N–H and O–H groups in total. The van der Waals surface area contributed by atoms with E-state index in [1.165, 1.54) is 0 Å². The fourth-order valence-corrected chi connectivity index (χ4v) is 2.75. The Hall–Kier alpha value is -2.30. The minimum atomic E-state index is -0.297. The first-order chi connectivity index (χ1) is 11.5. The van der Waals surface area contributed by atoms with E-state index in [2.05, 4.69) is 10.3 Å². The second-order valence-electron chi connectivity index (χ2n) is 5.24. The first-order valence-electron chi connectivity index (χ1n) is 7.20. The van der Waals surface area contributed by atoms with Gasteiger partial charge in [-0.1, -0.05) is 29.3 Å². The number of halogens is 2. The summed E-state index contributed by atoms with van der Waals surface area (Å²) in [6.07, 6.45) is 0. The fourth-order valence-electron chi connectivity index (χ4n) is 2.40. The second-order valence-corrected chi connectivity index (χ2v) is 6.02. The van der Waals surface area contributed by atoms with Crippen molar-refractivity contribution in [3.8, 4) is 5.75 Å². The summed E-state index contributed by atoms with van der Waals surface area (Å²) in [5, 5.41) is 4.28. The zero-order chi connectivity index (χ0) is 17.3. The highest BCUT2D eigenvalue weighted by Gasteiger charge is 2.14. The molecule has 4 nitrogen and oxygen atoms in total. The number of nitrogens with zero attached hydrogens (tertiary/aromatic N) is 1. The maximum atomic E-state index is 12.6. The summed E-state index contributed by atoms with van der Waals surface area (Å²) in [7, 11) is 1.59. The van der Waals surface area contributed by atoms with E-state index >= 15 is 0 Å². The van der Waals surface area contributed by atoms with Gasteiger partial charge < -0.3 is 10.1 Å². The molecule has 6 heteroatoms. The number of pyridine rings is 1. The van der Waals surface area contributed by atoms with Crippen LogP contribution in [0.25, 0.3) is 10.9 Å². The largest absolute Gasteiger partial charge is 0.497 e. The molecule has 3 rings (SSSR count). The van der Waals surface area contributed by atoms with Gasteiger partial charge in [0.05, 0.1) is 39.6 Å². The van der Waals surface area contributed by atoms with Crippen molar-refractivity contribution in [1.82, 2.24) is 4.98 Å². The van der Waals surface area contributed by atoms with Crippen molar-refractivity contribution in [2.24, 2.45) is 0 Å². The Bertz CT molecular complexity index is 942. The van der Waals surface area contributed by atoms with Gasteiger partial charge in [0.25, 0.3) is 5.91 Å². The number of ether oxygens (including phenoxy) is 1. The van der Waals surface area contributed by atoms with Gasteiger partial charge in [-0.25, -0.2) is 0 Å². The number of nitrogens with one attached hydrogen (secondary N) is 1. The molecule has 1 amide bonds. The van der Waals surface area contributed by atoms with Gasteiger partial charge in [0, 0.05) is 5.39 Å². The van der Waals surface area contributed by atoms with Gasteiger partial charge in [-0.15, -0.1) is 0 Å². The second kappa shape index (κ2) is 6.67. The van der Waals surface area contributed by atoms with Gasteiger partial charge in [-0.05, 0) is 43.3 Å². The highest BCUT2D eigenvalue weighted by Crippen LogP contribution is 2.30. The van der Waals surface area contributed by atoms with Gasteiger partial charge in [0.15, 0.2) is 0 Å². The van der Waals surface area contributed by atoms with Gasteiger partial charge in [0.1, 0.15) is 5.75 Å². The van der Waals surface area contributed by atoms with E-state index in [1.807, 2.05) is 18.2 Å². The standard InChI is InChI=1S/C18H14Cl2N2O2/c1-10-13(9-11-8-12(24-2)6-7-15(11)21-10)18(23)22-16-5-3-4-14(19)17(16)20/h3-9H,1-2H3,(H,22,23). The normalized spacial score (nSPS) is 10.7. The van der Waals surface area contributed by atoms with Crippen LogP contribution in [0.2, 0.25) is 10.0 Å². The average Bonchev–Trinajstić information content (AvgIpc) is 2.58. The topological polar surface area (TPSA) is 51.2 Å². The molecular formula is C18H14Cl2N2O2. The summed E-state index contributed by atoms with van der Waals surface area (Å²) in [6.45, 7) is 1.79. The third-order valence-electron chi connectivity index (χ3n) is 3.66. The van der Waals surface area contributed by atoms with Crippen molar-refractivity contribution in [3.63, 3.8) is 0 Å². The molecule has 0 unspecified atom stereocenters. The molecular weight excluding hydrogens is 347 g/mol. The quantitative estimate of drug-likeness (QED) is 0.705. The average molecular weight is 361 g/mol. The van der Waals surface area contributed by atoms with Crippen LogP contribution < -0.4 is 10.1 Å². The van der Waals surface area contributed by atoms with Crippen LogP contribution in [-0.2, 0) is 0 Å². The maximum Gasteiger partial charge on any atom is 0.257 e. The monoisotopic (exact) mass is 360 g/mol. The molecule has 0 aliphatic carbocycles. The van der Waals surface area contributed by atoms with Gasteiger partial charge in [-0.3, -0.25) is 9.78 Å². The number of amides is 1. The molecule has 0 fully saturated rings. The number of hydrogen-bond donors (Lipinski definition) is 1. The van der Waals surface area contributed by atoms with Gasteiger partial charge in [-0.2, -0.15) is 0 Å². The molecule has 3 aromatic rings. The van der Waals surface area contributed by atoms with Crippen molar-refractivity contribution >= 4 is 45.7 Å². The summed E-state index contributed by atoms with van der Waals surface area (Å²) in [4.78, 5) is 17.1. The Labute approximate surface area is 149 Å². The third-order valence-corrected chi connectivity index (χ3v) is 4.48. The molecule has 122 valence electrons. The molecule has 0 aliphatic rings. The summed E-state index contributed by atoms with van der Waals surface area (Å²) >= 11 is 12.1. The highest BCUT2D eigenvalue weighted by atomic mass is 35.5. The van der Waals surface area contributed by atoms with E-state index in [-0.39, 0.29) is 5.91 Å². The molecule has 0 bridgehead atoms. The molecule has 1 heterocycles. The summed E-state index contributed by atoms with van der Waals surface area (Å²) < 4.78 is 5.22. The lowest BCUT2D eigenvalue weighted by Crippen LogP contribution is -2.14. The number of hydrogen-bond acceptors (Lipinski definition) is 3. The molecule has 0 radical (unpaired) electrons. The molecule has 0 aliphatic heterocycles. The zero-order valence-electron chi connectivity index (χ0n) is 13.1. The molecule has 24 heavy (non-hydrogen) atoms. The fraction of sp³-hybridized carbons (Fsp3) is 0.111. The smallest absolute Gasteiger partial charge is 0.257 e. The number of methoxy groups -OCH3 is 1. The lowest BCUT2D eigenvalue weighted by molar-refractivity contribution is 0.102. The Morgan fingerprint density at radius 1 is 1.17 bits per heavy atom. The van der Waals surface area contributed by atoms with Crippen LogP contribution >= 0.6 is 23.2 Å². The maximum absolute atomic E-state index is 12.6. The molecule has 2 aromatic carbocycles. The number of fused-ring (bicyclic) bond motifs is 1. The lowest BCUT2D eigenvalue weighted by atomic mass is 10.1. The molecule has 1 aromatic heterocycles. The zero-order valence-corrected chi connectivity index (χ0v) is 14.6. The van der Waals surface area contributed by atoms with Crippen molar-refractivity contribution in [2.45, 2.75) is 6.92 Å². The van der Waals surface area contributed by atoms with Crippen LogP contribution in [0.3, 0.4) is 0 Å². The van der Waals surface area contributed by atoms with Crippen molar-refractivity contribution in [3.05, 3.63) is 63.8 Å². The van der Waals surface area contributed by atoms with Crippen LogP contribution in [0.4, 0.5) is 5.69 Å². The SMILES string of the molecule is COc1ccc2nc(C)c(C(=O)Nc3cccc(Cl)c3Cl)cc2c1. The highest BCUT2D eigenvalue weighted by molar-refractivity contribution is 6.44. The molecule has 0 saturated carbocycles. The van der Waals surface area contributed by atoms with Crippen molar-refractivity contribution in [2.75, 3.05) is 12.4 Å². The van der Waals surface area contributed by atoms with E-state index in [1.54, 1.807) is 38.3 Å². The number of rotatable bonds is 3. The van der Waals surface area contributed by atoms with Crippen LogP contribution in [0.1, 0.15) is 16.1 Å². The first-order valence-corrected chi connectivity index (χ1v) is 7.96. The summed E-state index contributed by atoms with van der Waals surface area (Å²) in [6, 6.07) is 12.4. The molecule has 0 atom stereocenters. The number of carbonyl (C=O) groups is 1. The Kier molecular flexibility index (Phi) is 4.60. The molecule has 0 saturated heterocycles. The Morgan fingerprint density at radius 3 is 2.71 bits per heavy atom. The van der Waals surface area contributed by atoms with Crippen LogP contribution in [0, 0.1) is 6.92 Å².